The molecule has 3 saturated heterocycles. The first-order valence-electron chi connectivity index (χ1n) is 20.8. The van der Waals surface area contributed by atoms with Gasteiger partial charge in [0.1, 0.15) is 16.8 Å². The fourth-order valence-corrected chi connectivity index (χ4v) is 11.9. The van der Waals surface area contributed by atoms with E-state index in [1.54, 1.807) is 10.8 Å². The van der Waals surface area contributed by atoms with Crippen molar-refractivity contribution < 1.29 is 58.4 Å². The molecule has 5 amide bonds. The Balaban J connectivity index is 0.984. The number of nitrogens with zero attached hydrogens (tertiary/aromatic N) is 3. The van der Waals surface area contributed by atoms with Gasteiger partial charge in [0.15, 0.2) is 0 Å². The summed E-state index contributed by atoms with van der Waals surface area (Å²) in [5.74, 6) is -4.37. The molecule has 15 nitrogen and oxygen atoms in total. The Bertz CT molecular complexity index is 2810. The van der Waals surface area contributed by atoms with Crippen molar-refractivity contribution in [2.24, 2.45) is 0 Å². The molecule has 0 aliphatic carbocycles. The molecule has 8 rings (SSSR count). The van der Waals surface area contributed by atoms with Gasteiger partial charge in [0.05, 0.1) is 21.7 Å². The highest BCUT2D eigenvalue weighted by Crippen LogP contribution is 2.38. The summed E-state index contributed by atoms with van der Waals surface area (Å²) in [6.45, 7) is 1.51. The zero-order valence-corrected chi connectivity index (χ0v) is 37.2. The number of sulfone groups is 1. The molecule has 4 aliphatic heterocycles. The van der Waals surface area contributed by atoms with E-state index >= 15 is 4.39 Å². The number of piperidine rings is 1. The number of benzene rings is 4. The van der Waals surface area contributed by atoms with Gasteiger partial charge in [-0.05, 0) is 80.3 Å². The van der Waals surface area contributed by atoms with Crippen LogP contribution in [-0.2, 0) is 36.0 Å². The van der Waals surface area contributed by atoms with E-state index < -0.39 is 88.3 Å². The fourth-order valence-electron chi connectivity index (χ4n) is 8.87. The van der Waals surface area contributed by atoms with E-state index in [0.29, 0.717) is 32.1 Å². The molecular weight excluding hydrogens is 929 g/mol. The number of fused-ring (bicyclic) bond motifs is 3. The van der Waals surface area contributed by atoms with Gasteiger partial charge in [-0.3, -0.25) is 44.0 Å². The van der Waals surface area contributed by atoms with Crippen LogP contribution in [0.15, 0.2) is 106 Å². The van der Waals surface area contributed by atoms with Crippen LogP contribution in [0.3, 0.4) is 0 Å². The van der Waals surface area contributed by atoms with E-state index in [-0.39, 0.29) is 59.5 Å². The van der Waals surface area contributed by atoms with Crippen LogP contribution in [0.2, 0.25) is 0 Å². The van der Waals surface area contributed by atoms with Crippen molar-refractivity contribution in [2.45, 2.75) is 83.0 Å². The van der Waals surface area contributed by atoms with Gasteiger partial charge in [-0.15, -0.1) is 11.8 Å². The number of carbonyl (C=O) groups is 5. The van der Waals surface area contributed by atoms with Gasteiger partial charge in [-0.2, -0.15) is 13.2 Å². The first kappa shape index (κ1) is 46.8. The van der Waals surface area contributed by atoms with Crippen molar-refractivity contribution in [2.75, 3.05) is 30.7 Å². The Kier molecular flexibility index (Phi) is 13.2. The second-order valence-electron chi connectivity index (χ2n) is 16.4. The topological polar surface area (TPSA) is 199 Å². The van der Waals surface area contributed by atoms with Crippen LogP contribution in [0.5, 0.6) is 0 Å². The maximum Gasteiger partial charge on any atom is 0.501 e. The van der Waals surface area contributed by atoms with Crippen LogP contribution in [0.4, 0.5) is 23.2 Å². The minimum Gasteiger partial charge on any atom is -0.380 e. The van der Waals surface area contributed by atoms with E-state index in [9.17, 15) is 54.0 Å². The summed E-state index contributed by atoms with van der Waals surface area (Å²) in [7, 11) is -11.0. The largest absolute Gasteiger partial charge is 0.501 e. The molecule has 4 atom stereocenters. The molecule has 0 spiro atoms. The lowest BCUT2D eigenvalue weighted by Crippen LogP contribution is -2.54. The molecule has 4 aromatic rings. The minimum absolute atomic E-state index is 0.0216. The number of imide groups is 2. The molecule has 22 heteroatoms. The molecule has 3 unspecified atom stereocenters. The van der Waals surface area contributed by atoms with Gasteiger partial charge < -0.3 is 5.32 Å². The minimum atomic E-state index is -6.14. The van der Waals surface area contributed by atoms with Crippen molar-refractivity contribution in [3.05, 3.63) is 119 Å². The van der Waals surface area contributed by atoms with E-state index in [2.05, 4.69) is 15.5 Å². The smallest absolute Gasteiger partial charge is 0.380 e. The number of likely N-dealkylation sites (tertiary alicyclic amines) is 1. The maximum absolute atomic E-state index is 15.6. The lowest BCUT2D eigenvalue weighted by molar-refractivity contribution is -0.136. The van der Waals surface area contributed by atoms with Gasteiger partial charge in [0.2, 0.25) is 11.8 Å². The summed E-state index contributed by atoms with van der Waals surface area (Å²) in [6, 6.07) is 19.0. The molecule has 3 N–H and O–H groups in total. The number of thioether (sulfide) groups is 1. The van der Waals surface area contributed by atoms with E-state index in [1.165, 1.54) is 42.1 Å². The van der Waals surface area contributed by atoms with E-state index in [4.69, 9.17) is 0 Å². The Labute approximate surface area is 381 Å². The molecule has 0 aromatic heterocycles. The Morgan fingerprint density at radius 1 is 0.833 bits per heavy atom. The predicted octanol–water partition coefficient (Wildman–Crippen LogP) is 4.95. The zero-order chi connectivity index (χ0) is 47.1. The van der Waals surface area contributed by atoms with Crippen molar-refractivity contribution in [1.29, 1.82) is 0 Å². The Morgan fingerprint density at radius 2 is 1.47 bits per heavy atom. The molecule has 66 heavy (non-hydrogen) atoms. The number of rotatable bonds is 15. The first-order chi connectivity index (χ1) is 31.3. The lowest BCUT2D eigenvalue weighted by Gasteiger charge is -2.41. The van der Waals surface area contributed by atoms with Crippen LogP contribution in [-0.4, -0.2) is 116 Å². The summed E-state index contributed by atoms with van der Waals surface area (Å²) in [4.78, 5) is 67.2. The zero-order valence-electron chi connectivity index (χ0n) is 34.8. The van der Waals surface area contributed by atoms with Gasteiger partial charge in [-0.25, -0.2) is 25.9 Å². The SMILES string of the molecule is O=C1CCC(N2C(=O)c3cc(F)c(CN4CC5CCC(C4)N5CC[C@H](CSc4ccccc4)Nc4ccc(S(=O)(=O)NC(=O)c5ccccc5)cc4S(=O)(=O)C(F)(F)F)cc3C2=O)C(=O)N1. The number of carbonyl (C=O) groups excluding carboxylic acids is 5. The van der Waals surface area contributed by atoms with Gasteiger partial charge >= 0.3 is 5.51 Å². The van der Waals surface area contributed by atoms with Crippen molar-refractivity contribution >= 4 is 66.8 Å². The number of sulfonamides is 1. The average Bonchev–Trinajstić information content (AvgIpc) is 3.66. The molecular formula is C44H42F4N6O9S3. The van der Waals surface area contributed by atoms with Crippen LogP contribution >= 0.6 is 11.8 Å². The van der Waals surface area contributed by atoms with Crippen LogP contribution in [0.1, 0.15) is 68.7 Å². The monoisotopic (exact) mass is 970 g/mol. The van der Waals surface area contributed by atoms with Gasteiger partial charge in [0, 0.05) is 72.5 Å². The van der Waals surface area contributed by atoms with Crippen LogP contribution in [0, 0.1) is 5.82 Å². The lowest BCUT2D eigenvalue weighted by atomic mass is 10.0. The van der Waals surface area contributed by atoms with E-state index in [0.717, 1.165) is 40.8 Å². The second-order valence-corrected chi connectivity index (χ2v) is 21.1. The number of hydrogen-bond donors (Lipinski definition) is 3. The summed E-state index contributed by atoms with van der Waals surface area (Å²) in [5.41, 5.74) is -6.37. The molecule has 348 valence electrons. The Hall–Kier alpha value is -5.68. The number of nitrogens with one attached hydrogen (secondary N) is 3. The highest BCUT2D eigenvalue weighted by atomic mass is 32.2. The number of alkyl halides is 3. The third-order valence-electron chi connectivity index (χ3n) is 12.1. The summed E-state index contributed by atoms with van der Waals surface area (Å²) in [6.07, 6.45) is 1.77. The number of amides is 5. The quantitative estimate of drug-likeness (QED) is 0.0823. The highest BCUT2D eigenvalue weighted by molar-refractivity contribution is 7.99. The first-order valence-corrected chi connectivity index (χ1v) is 24.8. The predicted molar refractivity (Wildman–Crippen MR) is 232 cm³/mol. The van der Waals surface area contributed by atoms with E-state index in [1.807, 2.05) is 35.2 Å². The fraction of sp³-hybridized carbons (Fsp3) is 0.341. The van der Waals surface area contributed by atoms with Crippen molar-refractivity contribution in [1.82, 2.24) is 24.7 Å². The van der Waals surface area contributed by atoms with Gasteiger partial charge in [0.25, 0.3) is 37.6 Å². The normalized spacial score (nSPS) is 20.8. The summed E-state index contributed by atoms with van der Waals surface area (Å²) < 4.78 is 113. The van der Waals surface area contributed by atoms with Crippen LogP contribution < -0.4 is 15.4 Å². The highest BCUT2D eigenvalue weighted by Gasteiger charge is 2.49. The molecule has 4 aliphatic rings. The molecule has 3 fully saturated rings. The number of hydrogen-bond acceptors (Lipinski definition) is 13. The van der Waals surface area contributed by atoms with Crippen molar-refractivity contribution in [3.63, 3.8) is 0 Å². The molecule has 4 heterocycles. The average molecular weight is 971 g/mol. The Morgan fingerprint density at radius 3 is 2.11 bits per heavy atom. The number of piperazine rings is 1. The number of anilines is 1. The van der Waals surface area contributed by atoms with Crippen LogP contribution in [0.25, 0.3) is 0 Å². The standard InChI is InChI=1S/C44H42F4N6O9S3/c45-35-21-34-33(42(58)54(43(34)59)37-15-16-39(55)50-41(37)57)19-27(35)22-52-23-29-11-12-30(24-52)53(29)18-17-28(25-64-31-9-5-2-6-10-31)49-36-14-13-32(20-38(36)65(60,61)44(46,47)48)66(62,63)51-40(56)26-7-3-1-4-8-26/h1-10,13-14,19-21,28-30,37,49H,11-12,15-18,22-25H2,(H,51,56)(H,50,55,57)/t28-,29?,30?,37?/m1/s1. The molecule has 4 aromatic carbocycles. The molecule has 2 bridgehead atoms. The summed E-state index contributed by atoms with van der Waals surface area (Å²) in [5, 5.41) is 5.11. The second kappa shape index (κ2) is 18.5. The number of halogens is 4. The van der Waals surface area contributed by atoms with Crippen molar-refractivity contribution in [3.8, 4) is 0 Å². The third kappa shape index (κ3) is 9.59. The summed E-state index contributed by atoms with van der Waals surface area (Å²) >= 11 is 1.38. The molecule has 0 radical (unpaired) electrons. The van der Waals surface area contributed by atoms with Gasteiger partial charge in [-0.1, -0.05) is 36.4 Å². The third-order valence-corrected chi connectivity index (χ3v) is 16.1. The molecule has 0 saturated carbocycles. The maximum atomic E-state index is 15.6.